The Morgan fingerprint density at radius 1 is 1.00 bits per heavy atom. The van der Waals surface area contributed by atoms with Gasteiger partial charge in [0.2, 0.25) is 0 Å². The lowest BCUT2D eigenvalue weighted by Crippen LogP contribution is -2.64. The summed E-state index contributed by atoms with van der Waals surface area (Å²) in [7, 11) is -1.24. The van der Waals surface area contributed by atoms with Crippen LogP contribution in [0.15, 0.2) is 103 Å². The average Bonchev–Trinajstić information content (AvgIpc) is 3.53. The lowest BCUT2D eigenvalue weighted by Gasteiger charge is -2.53. The molecule has 15 nitrogen and oxygen atoms in total. The van der Waals surface area contributed by atoms with E-state index in [1.165, 1.54) is 21.0 Å². The second-order valence-corrected chi connectivity index (χ2v) is 17.8. The Morgan fingerprint density at radius 3 is 2.39 bits per heavy atom. The Kier molecular flexibility index (Phi) is 10.9. The summed E-state index contributed by atoms with van der Waals surface area (Å²) in [5.41, 5.74) is 12.7. The Bertz CT molecular complexity index is 2880. The number of amides is 1. The number of imidazole rings is 1. The molecule has 3 aliphatic heterocycles. The number of aliphatic imine (C=N–C) groups is 1. The summed E-state index contributed by atoms with van der Waals surface area (Å²) in [5.74, 6) is 1.60. The number of carbonyl (C=O) groups is 1. The van der Waals surface area contributed by atoms with Gasteiger partial charge in [0.1, 0.15) is 28.3 Å². The quantitative estimate of drug-likeness (QED) is 0.0990. The zero-order chi connectivity index (χ0) is 43.4. The Labute approximate surface area is 358 Å². The minimum atomic E-state index is -1.24. The first-order valence-corrected chi connectivity index (χ1v) is 22.3. The average molecular weight is 862 g/mol. The van der Waals surface area contributed by atoms with E-state index >= 15 is 0 Å². The third kappa shape index (κ3) is 7.97. The van der Waals surface area contributed by atoms with Gasteiger partial charge in [-0.3, -0.25) is 23.4 Å². The van der Waals surface area contributed by atoms with Crippen molar-refractivity contribution in [2.24, 2.45) is 16.6 Å². The SMILES string of the molecule is CC1CC1c1noc(=O)[nH]1.Cc1cc(N=C(C2=C(N)CC3CC2N3C(=O)c2cc3cc(C4CCOCC4)ccc3[nH]2)n2ccn(-c3ccc(NS(C)=O)cc3)c2=O)cc(C)c1F. The fourth-order valence-corrected chi connectivity index (χ4v) is 9.42. The van der Waals surface area contributed by atoms with Crippen LogP contribution in [0.5, 0.6) is 0 Å². The molecule has 2 bridgehead atoms. The number of fused-ring (bicyclic) bond motifs is 2. The van der Waals surface area contributed by atoms with Gasteiger partial charge in [0, 0.05) is 78.1 Å². The molecule has 1 amide bonds. The number of aromatic amines is 2. The highest BCUT2D eigenvalue weighted by Crippen LogP contribution is 2.45. The number of halogens is 1. The Balaban J connectivity index is 0.000000428. The molecule has 62 heavy (non-hydrogen) atoms. The van der Waals surface area contributed by atoms with E-state index < -0.39 is 28.5 Å². The molecule has 1 saturated carbocycles. The molecule has 3 aromatic heterocycles. The van der Waals surface area contributed by atoms with E-state index in [2.05, 4.69) is 43.4 Å². The van der Waals surface area contributed by atoms with E-state index in [1.807, 2.05) is 17.0 Å². The monoisotopic (exact) mass is 861 g/mol. The lowest BCUT2D eigenvalue weighted by atomic mass is 9.76. The van der Waals surface area contributed by atoms with E-state index in [0.717, 1.165) is 43.4 Å². The summed E-state index contributed by atoms with van der Waals surface area (Å²) in [6.07, 6.45) is 8.98. The zero-order valence-electron chi connectivity index (χ0n) is 34.8. The molecule has 5 atom stereocenters. The number of nitrogens with zero attached hydrogens (tertiary/aromatic N) is 5. The number of H-pyrrole nitrogens is 2. The van der Waals surface area contributed by atoms with Crippen LogP contribution in [-0.2, 0) is 15.7 Å². The van der Waals surface area contributed by atoms with Gasteiger partial charge >= 0.3 is 11.4 Å². The van der Waals surface area contributed by atoms with E-state index in [-0.39, 0.29) is 23.6 Å². The first-order chi connectivity index (χ1) is 29.8. The molecule has 3 fully saturated rings. The maximum absolute atomic E-state index is 14.7. The van der Waals surface area contributed by atoms with Crippen LogP contribution in [0, 0.1) is 25.6 Å². The minimum Gasteiger partial charge on any atom is -0.402 e. The highest BCUT2D eigenvalue weighted by Gasteiger charge is 2.50. The van der Waals surface area contributed by atoms with Gasteiger partial charge in [0.15, 0.2) is 5.82 Å². The number of rotatable bonds is 8. The van der Waals surface area contributed by atoms with Crippen LogP contribution >= 0.6 is 0 Å². The predicted molar refractivity (Wildman–Crippen MR) is 235 cm³/mol. The maximum Gasteiger partial charge on any atom is 0.438 e. The van der Waals surface area contributed by atoms with Crippen LogP contribution in [0.25, 0.3) is 16.6 Å². The topological polar surface area (TPSA) is 199 Å². The van der Waals surface area contributed by atoms with Crippen LogP contribution in [0.3, 0.4) is 0 Å². The summed E-state index contributed by atoms with van der Waals surface area (Å²) in [5, 5.41) is 4.57. The van der Waals surface area contributed by atoms with Crippen LogP contribution < -0.4 is 21.9 Å². The molecule has 2 saturated heterocycles. The molecule has 6 heterocycles. The van der Waals surface area contributed by atoms with Gasteiger partial charge < -0.3 is 25.1 Å². The molecule has 322 valence electrons. The number of benzene rings is 3. The number of carbonyl (C=O) groups excluding carboxylic acids is 1. The molecule has 17 heteroatoms. The minimum absolute atomic E-state index is 0.0899. The van der Waals surface area contributed by atoms with Crippen molar-refractivity contribution in [1.29, 1.82) is 0 Å². The fourth-order valence-electron chi connectivity index (χ4n) is 8.96. The summed E-state index contributed by atoms with van der Waals surface area (Å²) >= 11 is 0. The molecular weight excluding hydrogens is 814 g/mol. The number of nitrogens with two attached hydrogens (primary N) is 1. The van der Waals surface area contributed by atoms with Crippen molar-refractivity contribution in [3.63, 3.8) is 0 Å². The van der Waals surface area contributed by atoms with E-state index in [1.54, 1.807) is 62.6 Å². The molecule has 0 spiro atoms. The van der Waals surface area contributed by atoms with E-state index in [9.17, 15) is 23.0 Å². The normalized spacial score (nSPS) is 21.6. The van der Waals surface area contributed by atoms with Crippen molar-refractivity contribution in [3.8, 4) is 5.69 Å². The first kappa shape index (κ1) is 41.0. The number of hydrogen-bond donors (Lipinski definition) is 4. The summed E-state index contributed by atoms with van der Waals surface area (Å²) in [6, 6.07) is 18.0. The van der Waals surface area contributed by atoms with Crippen molar-refractivity contribution in [2.45, 2.75) is 76.8 Å². The van der Waals surface area contributed by atoms with Crippen LogP contribution in [0.2, 0.25) is 0 Å². The molecule has 2 aliphatic carbocycles. The molecule has 0 radical (unpaired) electrons. The Morgan fingerprint density at radius 2 is 1.73 bits per heavy atom. The standard InChI is InChI=1S/C39H40FN7O4S.C6H8N2O2/c1-22-16-28(17-23(2)36(22)40)42-37(46-13-12-45(39(46)49)29-7-5-27(6-8-29)44-52(3)50)35-31(41)20-30-21-34(35)47(30)38(48)33-19-26-18-25(4-9-32(26)43-33)24-10-14-51-15-11-24;1-3-2-4(3)5-7-6(9)10-8-5/h4-9,12-13,16-19,24,30,34,43-44H,10-11,14-15,20-21,41H2,1-3H3;3-4H,2H2,1H3,(H,7,8,9). The molecule has 3 aromatic carbocycles. The highest BCUT2D eigenvalue weighted by atomic mass is 32.2. The molecule has 5 unspecified atom stereocenters. The third-order valence-corrected chi connectivity index (χ3v) is 12.9. The number of nitrogens with one attached hydrogen (secondary N) is 3. The van der Waals surface area contributed by atoms with Crippen LogP contribution in [-0.4, -0.2) is 76.7 Å². The van der Waals surface area contributed by atoms with Crippen molar-refractivity contribution in [2.75, 3.05) is 24.2 Å². The van der Waals surface area contributed by atoms with Gasteiger partial charge in [-0.05, 0) is 123 Å². The molecular formula is C45H48FN9O6S. The smallest absolute Gasteiger partial charge is 0.402 e. The van der Waals surface area contributed by atoms with Gasteiger partial charge in [-0.2, -0.15) is 0 Å². The fraction of sp³-hybridized carbons (Fsp3) is 0.356. The zero-order valence-corrected chi connectivity index (χ0v) is 35.6. The van der Waals surface area contributed by atoms with Crippen molar-refractivity contribution in [1.82, 2.24) is 29.2 Å². The summed E-state index contributed by atoms with van der Waals surface area (Å²) in [6.45, 7) is 6.99. The van der Waals surface area contributed by atoms with Crippen LogP contribution in [0.4, 0.5) is 15.8 Å². The number of anilines is 1. The van der Waals surface area contributed by atoms with E-state index in [4.69, 9.17) is 15.5 Å². The predicted octanol–water partition coefficient (Wildman–Crippen LogP) is 6.44. The van der Waals surface area contributed by atoms with Crippen molar-refractivity contribution >= 4 is 45.0 Å². The van der Waals surface area contributed by atoms with Gasteiger partial charge in [-0.15, -0.1) is 0 Å². The lowest BCUT2D eigenvalue weighted by molar-refractivity contribution is 0.0208. The second kappa shape index (κ2) is 16.5. The maximum atomic E-state index is 14.7. The summed E-state index contributed by atoms with van der Waals surface area (Å²) in [4.78, 5) is 51.6. The molecule has 6 aromatic rings. The molecule has 11 rings (SSSR count). The third-order valence-electron chi connectivity index (χ3n) is 12.4. The van der Waals surface area contributed by atoms with Gasteiger partial charge in [-0.25, -0.2) is 23.2 Å². The van der Waals surface area contributed by atoms with Crippen molar-refractivity contribution < 1.29 is 22.7 Å². The van der Waals surface area contributed by atoms with Gasteiger partial charge in [0.05, 0.1) is 17.4 Å². The highest BCUT2D eigenvalue weighted by molar-refractivity contribution is 7.85. The van der Waals surface area contributed by atoms with E-state index in [0.29, 0.717) is 81.6 Å². The number of aryl methyl sites for hydroxylation is 2. The molecule has 5 N–H and O–H groups in total. The van der Waals surface area contributed by atoms with Gasteiger partial charge in [-0.1, -0.05) is 18.1 Å². The first-order valence-electron chi connectivity index (χ1n) is 20.8. The summed E-state index contributed by atoms with van der Waals surface area (Å²) < 4.78 is 42.0. The number of aromatic nitrogens is 5. The Hall–Kier alpha value is -6.33. The number of hydrogen-bond acceptors (Lipinski definition) is 9. The van der Waals surface area contributed by atoms with Gasteiger partial charge in [0.25, 0.3) is 5.91 Å². The van der Waals surface area contributed by atoms with Crippen molar-refractivity contribution in [3.05, 3.63) is 139 Å². The second-order valence-electron chi connectivity index (χ2n) is 16.7. The molecule has 5 aliphatic rings. The largest absolute Gasteiger partial charge is 0.438 e. The van der Waals surface area contributed by atoms with Crippen LogP contribution in [0.1, 0.15) is 83.9 Å². The number of ether oxygens (including phenoxy) is 1.